The number of anilines is 1. The molecule has 0 radical (unpaired) electrons. The molecule has 0 heterocycles. The number of hydrogen-bond acceptors (Lipinski definition) is 5. The van der Waals surface area contributed by atoms with E-state index in [2.05, 4.69) is 0 Å². The highest BCUT2D eigenvalue weighted by atomic mass is 32.2. The molecule has 0 saturated carbocycles. The number of ether oxygens (including phenoxy) is 1. The van der Waals surface area contributed by atoms with E-state index in [1.165, 1.54) is 26.3 Å². The minimum absolute atomic E-state index is 0.0282. The molecule has 108 valence electrons. The van der Waals surface area contributed by atoms with Crippen LogP contribution in [-0.2, 0) is 14.8 Å². The second-order valence-electron chi connectivity index (χ2n) is 4.41. The SMILES string of the molecule is COCC(O)CN(C)S(=O)(=O)c1ccc(N)c(C)c1. The van der Waals surface area contributed by atoms with Crippen LogP contribution < -0.4 is 5.73 Å². The molecule has 0 fully saturated rings. The summed E-state index contributed by atoms with van der Waals surface area (Å²) in [6.07, 6.45) is -0.861. The van der Waals surface area contributed by atoms with Gasteiger partial charge in [-0.2, -0.15) is 4.31 Å². The number of aliphatic hydroxyl groups excluding tert-OH is 1. The normalized spacial score (nSPS) is 13.7. The molecule has 0 bridgehead atoms. The number of aryl methyl sites for hydroxylation is 1. The zero-order chi connectivity index (χ0) is 14.6. The van der Waals surface area contributed by atoms with Crippen LogP contribution in [0.2, 0.25) is 0 Å². The van der Waals surface area contributed by atoms with Crippen molar-refractivity contribution in [1.29, 1.82) is 0 Å². The van der Waals surface area contributed by atoms with E-state index in [1.54, 1.807) is 13.0 Å². The zero-order valence-corrected chi connectivity index (χ0v) is 12.1. The van der Waals surface area contributed by atoms with Gasteiger partial charge in [0.05, 0.1) is 17.6 Å². The summed E-state index contributed by atoms with van der Waals surface area (Å²) in [5.74, 6) is 0. The average Bonchev–Trinajstić information content (AvgIpc) is 2.32. The Kier molecular flexibility index (Phi) is 5.30. The van der Waals surface area contributed by atoms with Crippen LogP contribution in [-0.4, -0.2) is 51.2 Å². The maximum absolute atomic E-state index is 12.3. The van der Waals surface area contributed by atoms with Gasteiger partial charge in [0, 0.05) is 26.4 Å². The van der Waals surface area contributed by atoms with E-state index in [9.17, 15) is 13.5 Å². The molecule has 0 aromatic heterocycles. The third-order valence-electron chi connectivity index (χ3n) is 2.78. The third-order valence-corrected chi connectivity index (χ3v) is 4.60. The van der Waals surface area contributed by atoms with Crippen LogP contribution in [0.25, 0.3) is 0 Å². The van der Waals surface area contributed by atoms with Crippen molar-refractivity contribution in [3.05, 3.63) is 23.8 Å². The standard InChI is InChI=1S/C12H20N2O4S/c1-9-6-11(4-5-12(9)13)19(16,17)14(2)7-10(15)8-18-3/h4-6,10,15H,7-8,13H2,1-3H3. The molecule has 19 heavy (non-hydrogen) atoms. The van der Waals surface area contributed by atoms with E-state index in [1.807, 2.05) is 0 Å². The summed E-state index contributed by atoms with van der Waals surface area (Å²) in [7, 11) is -0.767. The van der Waals surface area contributed by atoms with Crippen molar-refractivity contribution in [3.63, 3.8) is 0 Å². The Morgan fingerprint density at radius 1 is 1.47 bits per heavy atom. The van der Waals surface area contributed by atoms with Crippen LogP contribution in [0.5, 0.6) is 0 Å². The van der Waals surface area contributed by atoms with E-state index in [0.29, 0.717) is 11.3 Å². The second-order valence-corrected chi connectivity index (χ2v) is 6.46. The minimum Gasteiger partial charge on any atom is -0.399 e. The molecule has 7 heteroatoms. The molecule has 1 rings (SSSR count). The first-order valence-electron chi connectivity index (χ1n) is 5.78. The van der Waals surface area contributed by atoms with Gasteiger partial charge in [-0.3, -0.25) is 0 Å². The highest BCUT2D eigenvalue weighted by Gasteiger charge is 2.23. The maximum atomic E-state index is 12.3. The van der Waals surface area contributed by atoms with Gasteiger partial charge in [-0.25, -0.2) is 8.42 Å². The largest absolute Gasteiger partial charge is 0.399 e. The number of hydrogen-bond donors (Lipinski definition) is 2. The van der Waals surface area contributed by atoms with Crippen molar-refractivity contribution in [1.82, 2.24) is 4.31 Å². The predicted molar refractivity (Wildman–Crippen MR) is 73.3 cm³/mol. The Morgan fingerprint density at radius 3 is 2.63 bits per heavy atom. The number of nitrogen functional groups attached to an aromatic ring is 1. The molecule has 1 unspecified atom stereocenters. The number of methoxy groups -OCH3 is 1. The van der Waals surface area contributed by atoms with E-state index in [0.717, 1.165) is 4.31 Å². The fourth-order valence-electron chi connectivity index (χ4n) is 1.63. The molecular weight excluding hydrogens is 268 g/mol. The summed E-state index contributed by atoms with van der Waals surface area (Å²) in [5, 5.41) is 9.58. The molecule has 1 atom stereocenters. The summed E-state index contributed by atoms with van der Waals surface area (Å²) < 4.78 is 30.4. The highest BCUT2D eigenvalue weighted by Crippen LogP contribution is 2.19. The summed E-state index contributed by atoms with van der Waals surface area (Å²) in [5.41, 5.74) is 6.91. The first kappa shape index (κ1) is 15.9. The van der Waals surface area contributed by atoms with E-state index >= 15 is 0 Å². The monoisotopic (exact) mass is 288 g/mol. The lowest BCUT2D eigenvalue weighted by molar-refractivity contribution is 0.0554. The highest BCUT2D eigenvalue weighted by molar-refractivity contribution is 7.89. The van der Waals surface area contributed by atoms with Crippen LogP contribution >= 0.6 is 0 Å². The number of aliphatic hydroxyl groups is 1. The predicted octanol–water partition coefficient (Wildman–Crippen LogP) is 0.205. The number of likely N-dealkylation sites (N-methyl/N-ethyl adjacent to an activating group) is 1. The van der Waals surface area contributed by atoms with Crippen molar-refractivity contribution in [3.8, 4) is 0 Å². The molecule has 0 spiro atoms. The Balaban J connectivity index is 2.93. The molecule has 0 amide bonds. The lowest BCUT2D eigenvalue weighted by atomic mass is 10.2. The van der Waals surface area contributed by atoms with E-state index in [4.69, 9.17) is 10.5 Å². The quantitative estimate of drug-likeness (QED) is 0.730. The van der Waals surface area contributed by atoms with Crippen molar-refractivity contribution in [2.24, 2.45) is 0 Å². The minimum atomic E-state index is -3.63. The van der Waals surface area contributed by atoms with Gasteiger partial charge in [-0.05, 0) is 30.7 Å². The first-order chi connectivity index (χ1) is 8.78. The molecule has 3 N–H and O–H groups in total. The number of benzene rings is 1. The molecule has 0 aliphatic heterocycles. The number of sulfonamides is 1. The third kappa shape index (κ3) is 3.90. The van der Waals surface area contributed by atoms with Gasteiger partial charge >= 0.3 is 0 Å². The second kappa shape index (κ2) is 6.33. The van der Waals surface area contributed by atoms with Crippen molar-refractivity contribution in [2.75, 3.05) is 33.0 Å². The first-order valence-corrected chi connectivity index (χ1v) is 7.22. The van der Waals surface area contributed by atoms with Crippen LogP contribution in [0, 0.1) is 6.92 Å². The van der Waals surface area contributed by atoms with Gasteiger partial charge in [0.25, 0.3) is 0 Å². The molecule has 0 aliphatic rings. The Hall–Kier alpha value is -1.15. The van der Waals surface area contributed by atoms with Gasteiger partial charge in [0.1, 0.15) is 0 Å². The average molecular weight is 288 g/mol. The number of nitrogens with zero attached hydrogens (tertiary/aromatic N) is 1. The topological polar surface area (TPSA) is 92.9 Å². The van der Waals surface area contributed by atoms with Crippen LogP contribution in [0.4, 0.5) is 5.69 Å². The molecule has 0 saturated heterocycles. The smallest absolute Gasteiger partial charge is 0.242 e. The fraction of sp³-hybridized carbons (Fsp3) is 0.500. The lowest BCUT2D eigenvalue weighted by Gasteiger charge is -2.20. The van der Waals surface area contributed by atoms with Gasteiger partial charge < -0.3 is 15.6 Å². The Bertz CT molecular complexity index is 531. The zero-order valence-electron chi connectivity index (χ0n) is 11.3. The summed E-state index contributed by atoms with van der Waals surface area (Å²) >= 11 is 0. The molecule has 1 aromatic rings. The summed E-state index contributed by atoms with van der Waals surface area (Å²) in [6, 6.07) is 4.53. The van der Waals surface area contributed by atoms with Crippen LogP contribution in [0.1, 0.15) is 5.56 Å². The van der Waals surface area contributed by atoms with Crippen LogP contribution in [0.3, 0.4) is 0 Å². The lowest BCUT2D eigenvalue weighted by Crippen LogP contribution is -2.36. The number of rotatable bonds is 6. The van der Waals surface area contributed by atoms with Crippen molar-refractivity contribution < 1.29 is 18.3 Å². The molecule has 6 nitrogen and oxygen atoms in total. The Labute approximate surface area is 113 Å². The summed E-state index contributed by atoms with van der Waals surface area (Å²) in [4.78, 5) is 0.159. The van der Waals surface area contributed by atoms with Crippen molar-refractivity contribution in [2.45, 2.75) is 17.9 Å². The van der Waals surface area contributed by atoms with Gasteiger partial charge in [-0.1, -0.05) is 0 Å². The van der Waals surface area contributed by atoms with Gasteiger partial charge in [-0.15, -0.1) is 0 Å². The fourth-order valence-corrected chi connectivity index (χ4v) is 2.92. The van der Waals surface area contributed by atoms with Crippen molar-refractivity contribution >= 4 is 15.7 Å². The molecular formula is C12H20N2O4S. The molecule has 1 aromatic carbocycles. The van der Waals surface area contributed by atoms with Gasteiger partial charge in [0.15, 0.2) is 0 Å². The van der Waals surface area contributed by atoms with Gasteiger partial charge in [0.2, 0.25) is 10.0 Å². The molecule has 0 aliphatic carbocycles. The maximum Gasteiger partial charge on any atom is 0.242 e. The van der Waals surface area contributed by atoms with E-state index in [-0.39, 0.29) is 18.0 Å². The number of nitrogens with two attached hydrogens (primary N) is 1. The Morgan fingerprint density at radius 2 is 2.11 bits per heavy atom. The van der Waals surface area contributed by atoms with E-state index < -0.39 is 16.1 Å². The van der Waals surface area contributed by atoms with Crippen LogP contribution in [0.15, 0.2) is 23.1 Å². The summed E-state index contributed by atoms with van der Waals surface area (Å²) in [6.45, 7) is 1.80.